The van der Waals surface area contributed by atoms with Crippen LogP contribution in [0.5, 0.6) is 0 Å². The second kappa shape index (κ2) is 7.75. The van der Waals surface area contributed by atoms with Gasteiger partial charge in [-0.2, -0.15) is 0 Å². The molecule has 7 nitrogen and oxygen atoms in total. The highest BCUT2D eigenvalue weighted by atomic mass is 35.5. The van der Waals surface area contributed by atoms with Crippen molar-refractivity contribution in [2.75, 3.05) is 11.9 Å². The third-order valence-electron chi connectivity index (χ3n) is 4.38. The van der Waals surface area contributed by atoms with Crippen LogP contribution in [-0.4, -0.2) is 32.7 Å². The van der Waals surface area contributed by atoms with Crippen molar-refractivity contribution in [3.63, 3.8) is 0 Å². The van der Waals surface area contributed by atoms with Gasteiger partial charge >= 0.3 is 0 Å². The highest BCUT2D eigenvalue weighted by Gasteiger charge is 2.28. The highest BCUT2D eigenvalue weighted by Crippen LogP contribution is 2.36. The van der Waals surface area contributed by atoms with Crippen LogP contribution in [-0.2, 0) is 11.3 Å². The molecule has 0 radical (unpaired) electrons. The third kappa shape index (κ3) is 4.43. The second-order valence-corrected chi connectivity index (χ2v) is 6.95. The van der Waals surface area contributed by atoms with Crippen molar-refractivity contribution in [2.45, 2.75) is 25.4 Å². The van der Waals surface area contributed by atoms with E-state index in [0.717, 1.165) is 35.5 Å². The summed E-state index contributed by atoms with van der Waals surface area (Å²) in [6.07, 6.45) is 2.26. The van der Waals surface area contributed by atoms with Crippen LogP contribution in [0.1, 0.15) is 24.4 Å². The summed E-state index contributed by atoms with van der Waals surface area (Å²) in [4.78, 5) is 12.0. The molecule has 1 saturated carbocycles. The molecule has 2 N–H and O–H groups in total. The van der Waals surface area contributed by atoms with Crippen molar-refractivity contribution in [1.82, 2.24) is 25.5 Å². The number of carbonyl (C=O) groups excluding carboxylic acids is 1. The van der Waals surface area contributed by atoms with Crippen LogP contribution in [0.25, 0.3) is 11.4 Å². The van der Waals surface area contributed by atoms with Gasteiger partial charge in [0.1, 0.15) is 0 Å². The van der Waals surface area contributed by atoms with Gasteiger partial charge in [-0.3, -0.25) is 4.79 Å². The maximum absolute atomic E-state index is 12.0. The molecular weight excluding hydrogens is 364 g/mol. The number of rotatable bonds is 7. The minimum absolute atomic E-state index is 0.0771. The molecule has 27 heavy (non-hydrogen) atoms. The first-order chi connectivity index (χ1) is 13.2. The standard InChI is InChI=1S/C19H19ClN6O/c20-15-5-1-13(2-6-15)11-22-18(27)12-21-16-7-3-14(4-8-16)19-23-24-25-26(19)17-9-10-17/h1-8,17,21H,9-12H2,(H,22,27). The Morgan fingerprint density at radius 2 is 1.85 bits per heavy atom. The lowest BCUT2D eigenvalue weighted by Crippen LogP contribution is -2.29. The molecule has 2 aromatic carbocycles. The summed E-state index contributed by atoms with van der Waals surface area (Å²) in [6.45, 7) is 0.674. The number of hydrogen-bond donors (Lipinski definition) is 2. The fraction of sp³-hybridized carbons (Fsp3) is 0.263. The quantitative estimate of drug-likeness (QED) is 0.656. The summed E-state index contributed by atoms with van der Waals surface area (Å²) in [5.74, 6) is 0.705. The molecule has 0 aliphatic heterocycles. The van der Waals surface area contributed by atoms with Gasteiger partial charge in [0.2, 0.25) is 5.91 Å². The Labute approximate surface area is 161 Å². The number of aromatic nitrogens is 4. The second-order valence-electron chi connectivity index (χ2n) is 6.51. The van der Waals surface area contributed by atoms with Gasteiger partial charge in [-0.25, -0.2) is 4.68 Å². The van der Waals surface area contributed by atoms with E-state index in [-0.39, 0.29) is 12.5 Å². The van der Waals surface area contributed by atoms with Gasteiger partial charge in [0.05, 0.1) is 12.6 Å². The van der Waals surface area contributed by atoms with Crippen LogP contribution in [0.15, 0.2) is 48.5 Å². The number of anilines is 1. The topological polar surface area (TPSA) is 84.7 Å². The molecule has 0 saturated heterocycles. The molecule has 0 spiro atoms. The van der Waals surface area contributed by atoms with Crippen molar-refractivity contribution >= 4 is 23.2 Å². The number of hydrogen-bond acceptors (Lipinski definition) is 5. The molecule has 1 aliphatic carbocycles. The lowest BCUT2D eigenvalue weighted by Gasteiger charge is -2.09. The van der Waals surface area contributed by atoms with Crippen molar-refractivity contribution in [3.8, 4) is 11.4 Å². The fourth-order valence-corrected chi connectivity index (χ4v) is 2.86. The summed E-state index contributed by atoms with van der Waals surface area (Å²) in [6, 6.07) is 15.6. The van der Waals surface area contributed by atoms with Crippen LogP contribution in [0.3, 0.4) is 0 Å². The first-order valence-corrected chi connectivity index (χ1v) is 9.20. The van der Waals surface area contributed by atoms with E-state index in [9.17, 15) is 4.79 Å². The molecule has 4 rings (SSSR count). The van der Waals surface area contributed by atoms with Crippen LogP contribution < -0.4 is 10.6 Å². The van der Waals surface area contributed by atoms with E-state index in [2.05, 4.69) is 26.2 Å². The number of carbonyl (C=O) groups is 1. The zero-order valence-corrected chi connectivity index (χ0v) is 15.4. The Kier molecular flexibility index (Phi) is 5.02. The van der Waals surface area contributed by atoms with E-state index in [1.807, 2.05) is 53.2 Å². The van der Waals surface area contributed by atoms with Crippen LogP contribution in [0.2, 0.25) is 5.02 Å². The first-order valence-electron chi connectivity index (χ1n) is 8.82. The minimum Gasteiger partial charge on any atom is -0.376 e. The smallest absolute Gasteiger partial charge is 0.239 e. The Hall–Kier alpha value is -2.93. The summed E-state index contributed by atoms with van der Waals surface area (Å²) < 4.78 is 1.88. The van der Waals surface area contributed by atoms with Crippen LogP contribution >= 0.6 is 11.6 Å². The Morgan fingerprint density at radius 3 is 2.56 bits per heavy atom. The molecular formula is C19H19ClN6O. The molecule has 138 valence electrons. The highest BCUT2D eigenvalue weighted by molar-refractivity contribution is 6.30. The largest absolute Gasteiger partial charge is 0.376 e. The summed E-state index contributed by atoms with van der Waals surface area (Å²) in [5.41, 5.74) is 2.83. The fourth-order valence-electron chi connectivity index (χ4n) is 2.73. The normalized spacial score (nSPS) is 13.4. The van der Waals surface area contributed by atoms with E-state index in [1.165, 1.54) is 0 Å². The molecule has 1 aromatic heterocycles. The summed E-state index contributed by atoms with van der Waals surface area (Å²) >= 11 is 5.85. The molecule has 0 atom stereocenters. The Bertz CT molecular complexity index is 918. The third-order valence-corrected chi connectivity index (χ3v) is 4.64. The average molecular weight is 383 g/mol. The SMILES string of the molecule is O=C(CNc1ccc(-c2nnnn2C2CC2)cc1)NCc1ccc(Cl)cc1. The predicted molar refractivity (Wildman–Crippen MR) is 103 cm³/mol. The Balaban J connectivity index is 1.29. The van der Waals surface area contributed by atoms with E-state index >= 15 is 0 Å². The van der Waals surface area contributed by atoms with Gasteiger partial charge in [0.15, 0.2) is 5.82 Å². The number of nitrogens with zero attached hydrogens (tertiary/aromatic N) is 4. The number of tetrazole rings is 1. The van der Waals surface area contributed by atoms with Gasteiger partial charge in [-0.1, -0.05) is 23.7 Å². The molecule has 0 bridgehead atoms. The van der Waals surface area contributed by atoms with Gasteiger partial charge in [0, 0.05) is 22.8 Å². The van der Waals surface area contributed by atoms with Gasteiger partial charge in [-0.05, 0) is 65.2 Å². The minimum atomic E-state index is -0.0771. The zero-order chi connectivity index (χ0) is 18.6. The van der Waals surface area contributed by atoms with Gasteiger partial charge in [0.25, 0.3) is 0 Å². The monoisotopic (exact) mass is 382 g/mol. The van der Waals surface area contributed by atoms with E-state index in [4.69, 9.17) is 11.6 Å². The van der Waals surface area contributed by atoms with E-state index in [0.29, 0.717) is 17.6 Å². The lowest BCUT2D eigenvalue weighted by atomic mass is 10.2. The summed E-state index contributed by atoms with van der Waals surface area (Å²) in [5, 5.41) is 18.6. The first kappa shape index (κ1) is 17.5. The van der Waals surface area contributed by atoms with Crippen LogP contribution in [0, 0.1) is 0 Å². The molecule has 1 amide bonds. The number of nitrogens with one attached hydrogen (secondary N) is 2. The van der Waals surface area contributed by atoms with Gasteiger partial charge < -0.3 is 10.6 Å². The van der Waals surface area contributed by atoms with Crippen molar-refractivity contribution < 1.29 is 4.79 Å². The number of benzene rings is 2. The average Bonchev–Trinajstić information content (AvgIpc) is 3.43. The predicted octanol–water partition coefficient (Wildman–Crippen LogP) is 3.06. The van der Waals surface area contributed by atoms with Crippen molar-refractivity contribution in [3.05, 3.63) is 59.1 Å². The molecule has 8 heteroatoms. The van der Waals surface area contributed by atoms with Crippen LogP contribution in [0.4, 0.5) is 5.69 Å². The number of halogens is 1. The molecule has 1 fully saturated rings. The zero-order valence-electron chi connectivity index (χ0n) is 14.6. The van der Waals surface area contributed by atoms with Crippen molar-refractivity contribution in [2.24, 2.45) is 0 Å². The molecule has 1 aliphatic rings. The Morgan fingerprint density at radius 1 is 1.11 bits per heavy atom. The van der Waals surface area contributed by atoms with E-state index < -0.39 is 0 Å². The summed E-state index contributed by atoms with van der Waals surface area (Å²) in [7, 11) is 0. The van der Waals surface area contributed by atoms with Crippen molar-refractivity contribution in [1.29, 1.82) is 0 Å². The molecule has 3 aromatic rings. The lowest BCUT2D eigenvalue weighted by molar-refractivity contribution is -0.119. The van der Waals surface area contributed by atoms with E-state index in [1.54, 1.807) is 0 Å². The van der Waals surface area contributed by atoms with Gasteiger partial charge in [-0.15, -0.1) is 5.10 Å². The maximum atomic E-state index is 12.0. The number of amides is 1. The maximum Gasteiger partial charge on any atom is 0.239 e. The molecule has 1 heterocycles. The molecule has 0 unspecified atom stereocenters.